The molecule has 1 unspecified atom stereocenters. The van der Waals surface area contributed by atoms with Gasteiger partial charge in [-0.05, 0) is 30.5 Å². The maximum Gasteiger partial charge on any atom is 0.238 e. The number of aromatic nitrogens is 2. The number of carbonyl (C=O) groups is 2. The summed E-state index contributed by atoms with van der Waals surface area (Å²) in [5.74, 6) is 1.20. The molecule has 1 aliphatic heterocycles. The van der Waals surface area contributed by atoms with Crippen molar-refractivity contribution in [3.8, 4) is 0 Å². The fraction of sp³-hybridized carbons (Fsp3) is 0.333. The third-order valence-electron chi connectivity index (χ3n) is 5.69. The molecule has 0 N–H and O–H groups in total. The Morgan fingerprint density at radius 1 is 1.09 bits per heavy atom. The molecule has 1 saturated carbocycles. The molecule has 2 heterocycles. The third-order valence-corrected chi connectivity index (χ3v) is 8.87. The zero-order valence-corrected chi connectivity index (χ0v) is 20.7. The molecule has 1 atom stereocenters. The smallest absolute Gasteiger partial charge is 0.238 e. The molecule has 6 nitrogen and oxygen atoms in total. The second-order valence-corrected chi connectivity index (χ2v) is 11.2. The van der Waals surface area contributed by atoms with Crippen molar-refractivity contribution in [2.75, 3.05) is 21.3 Å². The summed E-state index contributed by atoms with van der Waals surface area (Å²) < 4.78 is 0.712. The van der Waals surface area contributed by atoms with Crippen LogP contribution in [0.1, 0.15) is 37.8 Å². The molecular weight excluding hydrogens is 472 g/mol. The lowest BCUT2D eigenvalue weighted by Crippen LogP contribution is -2.39. The van der Waals surface area contributed by atoms with Crippen LogP contribution in [-0.4, -0.2) is 39.6 Å². The molecular formula is C24H24N4O2S3. The van der Waals surface area contributed by atoms with Gasteiger partial charge in [-0.2, -0.15) is 0 Å². The topological polar surface area (TPSA) is 66.4 Å². The first-order chi connectivity index (χ1) is 16.2. The molecule has 2 amide bonds. The fourth-order valence-corrected chi connectivity index (χ4v) is 6.90. The number of amides is 2. The van der Waals surface area contributed by atoms with E-state index in [0.29, 0.717) is 15.9 Å². The summed E-state index contributed by atoms with van der Waals surface area (Å²) in [6.07, 6.45) is 2.48. The number of thioether (sulfide) groups is 2. The van der Waals surface area contributed by atoms with Crippen molar-refractivity contribution in [3.05, 3.63) is 60.2 Å². The summed E-state index contributed by atoms with van der Waals surface area (Å²) >= 11 is 4.58. The molecule has 2 aromatic carbocycles. The Bertz CT molecular complexity index is 1150. The summed E-state index contributed by atoms with van der Waals surface area (Å²) in [5.41, 5.74) is 2.09. The van der Waals surface area contributed by atoms with E-state index in [1.807, 2.05) is 48.2 Å². The van der Waals surface area contributed by atoms with Crippen molar-refractivity contribution >= 4 is 57.5 Å². The number of nitrogens with zero attached hydrogens (tertiary/aromatic N) is 4. The lowest BCUT2D eigenvalue weighted by atomic mass is 10.1. The van der Waals surface area contributed by atoms with Crippen LogP contribution >= 0.6 is 34.9 Å². The SMILES string of the molecule is CCC(=O)N(c1nnc(SCC(=O)N2c3ccccc3SCC2c2ccccc2)s1)C1CC1. The molecule has 3 aromatic rings. The molecule has 0 spiro atoms. The molecule has 0 radical (unpaired) electrons. The Hall–Kier alpha value is -2.36. The molecule has 2 aliphatic rings. The minimum absolute atomic E-state index is 0.0169. The second-order valence-electron chi connectivity index (χ2n) is 7.96. The minimum Gasteiger partial charge on any atom is -0.302 e. The Morgan fingerprint density at radius 2 is 1.85 bits per heavy atom. The predicted octanol–water partition coefficient (Wildman–Crippen LogP) is 5.42. The number of hydrogen-bond acceptors (Lipinski definition) is 7. The first-order valence-corrected chi connectivity index (χ1v) is 13.8. The van der Waals surface area contributed by atoms with Crippen LogP contribution in [0.2, 0.25) is 0 Å². The lowest BCUT2D eigenvalue weighted by molar-refractivity contribution is -0.118. The van der Waals surface area contributed by atoms with Gasteiger partial charge in [0.25, 0.3) is 0 Å². The quantitative estimate of drug-likeness (QED) is 0.322. The predicted molar refractivity (Wildman–Crippen MR) is 135 cm³/mol. The van der Waals surface area contributed by atoms with Crippen molar-refractivity contribution in [2.24, 2.45) is 0 Å². The largest absolute Gasteiger partial charge is 0.302 e. The van der Waals surface area contributed by atoms with E-state index in [2.05, 4.69) is 28.4 Å². The molecule has 33 heavy (non-hydrogen) atoms. The van der Waals surface area contributed by atoms with Crippen LogP contribution in [0.4, 0.5) is 10.8 Å². The van der Waals surface area contributed by atoms with Crippen molar-refractivity contribution in [3.63, 3.8) is 0 Å². The van der Waals surface area contributed by atoms with Gasteiger partial charge in [0, 0.05) is 23.1 Å². The van der Waals surface area contributed by atoms with Gasteiger partial charge in [-0.1, -0.05) is 72.5 Å². The fourth-order valence-electron chi connectivity index (χ4n) is 3.94. The van der Waals surface area contributed by atoms with Gasteiger partial charge in [-0.3, -0.25) is 14.5 Å². The van der Waals surface area contributed by atoms with E-state index < -0.39 is 0 Å². The van der Waals surface area contributed by atoms with E-state index in [9.17, 15) is 9.59 Å². The molecule has 0 bridgehead atoms. The van der Waals surface area contributed by atoms with Crippen LogP contribution in [0, 0.1) is 0 Å². The highest BCUT2D eigenvalue weighted by molar-refractivity contribution is 8.01. The molecule has 9 heteroatoms. The monoisotopic (exact) mass is 496 g/mol. The van der Waals surface area contributed by atoms with Gasteiger partial charge in [-0.15, -0.1) is 22.0 Å². The second kappa shape index (κ2) is 9.87. The summed E-state index contributed by atoms with van der Waals surface area (Å²) in [6, 6.07) is 18.5. The Kier molecular flexibility index (Phi) is 6.71. The van der Waals surface area contributed by atoms with Gasteiger partial charge in [0.1, 0.15) is 0 Å². The van der Waals surface area contributed by atoms with E-state index in [0.717, 1.165) is 34.7 Å². The van der Waals surface area contributed by atoms with Crippen LogP contribution < -0.4 is 9.80 Å². The molecule has 1 aromatic heterocycles. The first-order valence-electron chi connectivity index (χ1n) is 11.0. The van der Waals surface area contributed by atoms with E-state index >= 15 is 0 Å². The van der Waals surface area contributed by atoms with Crippen LogP contribution in [0.15, 0.2) is 63.8 Å². The minimum atomic E-state index is -0.0169. The summed E-state index contributed by atoms with van der Waals surface area (Å²) in [4.78, 5) is 30.7. The van der Waals surface area contributed by atoms with Crippen molar-refractivity contribution < 1.29 is 9.59 Å². The Morgan fingerprint density at radius 3 is 2.61 bits per heavy atom. The van der Waals surface area contributed by atoms with E-state index in [1.165, 1.54) is 23.1 Å². The normalized spacial score (nSPS) is 17.5. The van der Waals surface area contributed by atoms with Crippen molar-refractivity contribution in [1.82, 2.24) is 10.2 Å². The molecule has 170 valence electrons. The van der Waals surface area contributed by atoms with Gasteiger partial charge >= 0.3 is 0 Å². The Balaban J connectivity index is 1.34. The van der Waals surface area contributed by atoms with E-state index in [-0.39, 0.29) is 29.7 Å². The maximum atomic E-state index is 13.5. The zero-order chi connectivity index (χ0) is 22.8. The lowest BCUT2D eigenvalue weighted by Gasteiger charge is -2.37. The highest BCUT2D eigenvalue weighted by Crippen LogP contribution is 2.44. The Labute approximate surface area is 205 Å². The molecule has 1 aliphatic carbocycles. The van der Waals surface area contributed by atoms with Crippen LogP contribution in [0.25, 0.3) is 0 Å². The summed E-state index contributed by atoms with van der Waals surface area (Å²) in [5, 5.41) is 9.17. The number of benzene rings is 2. The average molecular weight is 497 g/mol. The van der Waals surface area contributed by atoms with Crippen molar-refractivity contribution in [1.29, 1.82) is 0 Å². The number of hydrogen-bond donors (Lipinski definition) is 0. The zero-order valence-electron chi connectivity index (χ0n) is 18.2. The standard InChI is InChI=1S/C24H24N4O2S3/c1-2-21(29)27(17-12-13-17)23-25-26-24(33-23)32-15-22(30)28-18-10-6-7-11-20(18)31-14-19(28)16-8-4-3-5-9-16/h3-11,17,19H,2,12-15H2,1H3. The number of anilines is 2. The third kappa shape index (κ3) is 4.81. The van der Waals surface area contributed by atoms with Gasteiger partial charge in [0.15, 0.2) is 4.34 Å². The van der Waals surface area contributed by atoms with Gasteiger partial charge in [-0.25, -0.2) is 0 Å². The molecule has 1 fully saturated rings. The van der Waals surface area contributed by atoms with Crippen LogP contribution in [0.3, 0.4) is 0 Å². The number of fused-ring (bicyclic) bond motifs is 1. The van der Waals surface area contributed by atoms with E-state index in [1.54, 1.807) is 16.7 Å². The summed E-state index contributed by atoms with van der Waals surface area (Å²) in [7, 11) is 0. The first kappa shape index (κ1) is 22.4. The number of rotatable bonds is 7. The average Bonchev–Trinajstić information content (AvgIpc) is 3.59. The summed E-state index contributed by atoms with van der Waals surface area (Å²) in [6.45, 7) is 1.87. The van der Waals surface area contributed by atoms with E-state index in [4.69, 9.17) is 0 Å². The molecule has 5 rings (SSSR count). The maximum absolute atomic E-state index is 13.5. The van der Waals surface area contributed by atoms with Crippen LogP contribution in [0.5, 0.6) is 0 Å². The van der Waals surface area contributed by atoms with Gasteiger partial charge in [0.05, 0.1) is 17.5 Å². The van der Waals surface area contributed by atoms with Crippen LogP contribution in [-0.2, 0) is 9.59 Å². The molecule has 0 saturated heterocycles. The van der Waals surface area contributed by atoms with Gasteiger partial charge < -0.3 is 4.90 Å². The number of para-hydroxylation sites is 1. The number of carbonyl (C=O) groups excluding carboxylic acids is 2. The highest BCUT2D eigenvalue weighted by Gasteiger charge is 2.36. The van der Waals surface area contributed by atoms with Gasteiger partial charge in [0.2, 0.25) is 16.9 Å². The highest BCUT2D eigenvalue weighted by atomic mass is 32.2. The van der Waals surface area contributed by atoms with Crippen molar-refractivity contribution in [2.45, 2.75) is 47.5 Å².